The highest BCUT2D eigenvalue weighted by Crippen LogP contribution is 2.17. The molecule has 6 nitrogen and oxygen atoms in total. The van der Waals surface area contributed by atoms with Crippen molar-refractivity contribution in [3.63, 3.8) is 0 Å². The van der Waals surface area contributed by atoms with Crippen molar-refractivity contribution in [1.29, 1.82) is 0 Å². The second kappa shape index (κ2) is 61.9. The minimum Gasteiger partial charge on any atom is -0.462 e. The summed E-state index contributed by atoms with van der Waals surface area (Å²) in [5.41, 5.74) is 0. The molecule has 0 radical (unpaired) electrons. The van der Waals surface area contributed by atoms with Crippen LogP contribution in [0.1, 0.15) is 342 Å². The van der Waals surface area contributed by atoms with Crippen LogP contribution in [0, 0.1) is 0 Å². The molecule has 1 atom stereocenters. The van der Waals surface area contributed by atoms with Gasteiger partial charge in [-0.05, 0) is 83.5 Å². The Morgan fingerprint density at radius 3 is 0.781 bits per heavy atom. The van der Waals surface area contributed by atoms with E-state index in [0.29, 0.717) is 19.3 Å². The molecule has 0 aromatic carbocycles. The van der Waals surface area contributed by atoms with Crippen molar-refractivity contribution in [2.75, 3.05) is 13.2 Å². The zero-order chi connectivity index (χ0) is 52.9. The van der Waals surface area contributed by atoms with Gasteiger partial charge in [-0.15, -0.1) is 0 Å². The lowest BCUT2D eigenvalue weighted by Gasteiger charge is -2.18. The second-order valence-electron chi connectivity index (χ2n) is 21.7. The zero-order valence-corrected chi connectivity index (χ0v) is 48.9. The molecule has 0 aromatic heterocycles. The third-order valence-electron chi connectivity index (χ3n) is 14.3. The van der Waals surface area contributed by atoms with Crippen LogP contribution < -0.4 is 0 Å². The van der Waals surface area contributed by atoms with Crippen molar-refractivity contribution in [3.05, 3.63) is 48.6 Å². The summed E-state index contributed by atoms with van der Waals surface area (Å²) in [7, 11) is 0. The highest BCUT2D eigenvalue weighted by molar-refractivity contribution is 5.71. The largest absolute Gasteiger partial charge is 0.462 e. The number of carbonyl (C=O) groups is 3. The molecule has 0 fully saturated rings. The minimum absolute atomic E-state index is 0.0728. The number of unbranched alkanes of at least 4 members (excludes halogenated alkanes) is 40. The number of carbonyl (C=O) groups excluding carboxylic acids is 3. The van der Waals surface area contributed by atoms with Crippen LogP contribution in [0.5, 0.6) is 0 Å². The Labute approximate surface area is 454 Å². The Bertz CT molecular complexity index is 1270. The molecular formula is C67H122O6. The lowest BCUT2D eigenvalue weighted by atomic mass is 10.0. The van der Waals surface area contributed by atoms with Gasteiger partial charge in [0, 0.05) is 19.3 Å². The van der Waals surface area contributed by atoms with Gasteiger partial charge in [0.15, 0.2) is 6.10 Å². The summed E-state index contributed by atoms with van der Waals surface area (Å²) in [6.07, 6.45) is 76.9. The van der Waals surface area contributed by atoms with Crippen LogP contribution in [0.3, 0.4) is 0 Å². The number of rotatable bonds is 59. The lowest BCUT2D eigenvalue weighted by Crippen LogP contribution is -2.30. The fourth-order valence-electron chi connectivity index (χ4n) is 9.45. The molecule has 0 aliphatic rings. The first kappa shape index (κ1) is 70.4. The quantitative estimate of drug-likeness (QED) is 0.0261. The number of hydrogen-bond acceptors (Lipinski definition) is 6. The van der Waals surface area contributed by atoms with Gasteiger partial charge in [0.2, 0.25) is 0 Å². The highest BCUT2D eigenvalue weighted by atomic mass is 16.6. The first-order valence-corrected chi connectivity index (χ1v) is 32.1. The molecule has 0 N–H and O–H groups in total. The maximum Gasteiger partial charge on any atom is 0.306 e. The Morgan fingerprint density at radius 1 is 0.274 bits per heavy atom. The van der Waals surface area contributed by atoms with Crippen LogP contribution in [-0.2, 0) is 28.6 Å². The van der Waals surface area contributed by atoms with Gasteiger partial charge in [0.1, 0.15) is 13.2 Å². The van der Waals surface area contributed by atoms with Gasteiger partial charge in [0.05, 0.1) is 0 Å². The molecule has 0 spiro atoms. The van der Waals surface area contributed by atoms with E-state index in [9.17, 15) is 14.4 Å². The molecule has 6 heteroatoms. The van der Waals surface area contributed by atoms with E-state index in [1.54, 1.807) is 0 Å². The Kier molecular flexibility index (Phi) is 59.7. The smallest absolute Gasteiger partial charge is 0.306 e. The molecule has 0 saturated heterocycles. The van der Waals surface area contributed by atoms with Crippen LogP contribution in [0.25, 0.3) is 0 Å². The number of hydrogen-bond donors (Lipinski definition) is 0. The van der Waals surface area contributed by atoms with Crippen LogP contribution in [0.4, 0.5) is 0 Å². The summed E-state index contributed by atoms with van der Waals surface area (Å²) >= 11 is 0. The Hall–Kier alpha value is -2.63. The van der Waals surface area contributed by atoms with Crippen molar-refractivity contribution in [2.45, 2.75) is 348 Å². The van der Waals surface area contributed by atoms with Crippen LogP contribution in [-0.4, -0.2) is 37.2 Å². The number of esters is 3. The van der Waals surface area contributed by atoms with Crippen molar-refractivity contribution in [1.82, 2.24) is 0 Å². The van der Waals surface area contributed by atoms with E-state index in [4.69, 9.17) is 14.2 Å². The Morgan fingerprint density at radius 2 is 0.493 bits per heavy atom. The first-order valence-electron chi connectivity index (χ1n) is 32.1. The average Bonchev–Trinajstić information content (AvgIpc) is 3.39. The molecule has 426 valence electrons. The van der Waals surface area contributed by atoms with E-state index in [1.807, 2.05) is 0 Å². The van der Waals surface area contributed by atoms with E-state index in [1.165, 1.54) is 225 Å². The summed E-state index contributed by atoms with van der Waals surface area (Å²) in [5.74, 6) is -0.864. The molecule has 0 rings (SSSR count). The van der Waals surface area contributed by atoms with Crippen molar-refractivity contribution >= 4 is 17.9 Å². The van der Waals surface area contributed by atoms with E-state index in [-0.39, 0.29) is 31.1 Å². The SMILES string of the molecule is CCCCCCC/C=C\C/C=C\C/C=C\CCCCCCCCCCCCCCC(=O)OCC(COC(=O)CCCCCCCCCCCCCCC)OC(=O)CCCCCCC/C=C\CCCCCCCC. The molecule has 1 unspecified atom stereocenters. The average molecular weight is 1020 g/mol. The normalized spacial score (nSPS) is 12.3. The van der Waals surface area contributed by atoms with E-state index in [0.717, 1.165) is 77.0 Å². The van der Waals surface area contributed by atoms with Gasteiger partial charge in [-0.2, -0.15) is 0 Å². The van der Waals surface area contributed by atoms with Gasteiger partial charge >= 0.3 is 17.9 Å². The molecule has 0 bridgehead atoms. The highest BCUT2D eigenvalue weighted by Gasteiger charge is 2.19. The summed E-state index contributed by atoms with van der Waals surface area (Å²) in [6, 6.07) is 0. The topological polar surface area (TPSA) is 78.9 Å². The maximum absolute atomic E-state index is 12.9. The fourth-order valence-corrected chi connectivity index (χ4v) is 9.45. The van der Waals surface area contributed by atoms with E-state index < -0.39 is 6.10 Å². The molecule has 0 aliphatic carbocycles. The number of ether oxygens (including phenoxy) is 3. The summed E-state index contributed by atoms with van der Waals surface area (Å²) in [6.45, 7) is 6.66. The third-order valence-corrected chi connectivity index (χ3v) is 14.3. The van der Waals surface area contributed by atoms with Crippen molar-refractivity contribution < 1.29 is 28.6 Å². The zero-order valence-electron chi connectivity index (χ0n) is 48.9. The van der Waals surface area contributed by atoms with Crippen LogP contribution >= 0.6 is 0 Å². The van der Waals surface area contributed by atoms with Gasteiger partial charge in [-0.1, -0.05) is 288 Å². The van der Waals surface area contributed by atoms with E-state index >= 15 is 0 Å². The second-order valence-corrected chi connectivity index (χ2v) is 21.7. The van der Waals surface area contributed by atoms with Crippen LogP contribution in [0.2, 0.25) is 0 Å². The standard InChI is InChI=1S/C67H122O6/c1-4-7-10-13-16-19-22-25-27-28-29-30-31-32-33-34-35-36-37-38-40-42-45-48-51-54-57-60-66(69)72-63-64(62-71-65(68)59-56-53-50-47-44-41-24-21-18-15-12-9-6-3)73-67(70)61-58-55-52-49-46-43-39-26-23-20-17-14-11-8-5-2/h22,25-26,28-29,31-32,39,64H,4-21,23-24,27,30,33-38,40-63H2,1-3H3/b25-22-,29-28-,32-31-,39-26-. The minimum atomic E-state index is -0.776. The predicted octanol–water partition coefficient (Wildman–Crippen LogP) is 21.8. The van der Waals surface area contributed by atoms with Crippen molar-refractivity contribution in [3.8, 4) is 0 Å². The monoisotopic (exact) mass is 1020 g/mol. The van der Waals surface area contributed by atoms with Gasteiger partial charge in [-0.25, -0.2) is 0 Å². The molecule has 0 saturated carbocycles. The van der Waals surface area contributed by atoms with Crippen molar-refractivity contribution in [2.24, 2.45) is 0 Å². The van der Waals surface area contributed by atoms with Gasteiger partial charge in [0.25, 0.3) is 0 Å². The summed E-state index contributed by atoms with van der Waals surface area (Å²) in [5, 5.41) is 0. The molecular weight excluding hydrogens is 901 g/mol. The van der Waals surface area contributed by atoms with E-state index in [2.05, 4.69) is 69.4 Å². The summed E-state index contributed by atoms with van der Waals surface area (Å²) < 4.78 is 16.9. The summed E-state index contributed by atoms with van der Waals surface area (Å²) in [4.78, 5) is 38.2. The lowest BCUT2D eigenvalue weighted by molar-refractivity contribution is -0.167. The van der Waals surface area contributed by atoms with Gasteiger partial charge < -0.3 is 14.2 Å². The Balaban J connectivity index is 4.23. The third kappa shape index (κ3) is 60.1. The molecule has 0 amide bonds. The molecule has 0 aliphatic heterocycles. The fraction of sp³-hybridized carbons (Fsp3) is 0.836. The molecule has 0 heterocycles. The van der Waals surface area contributed by atoms with Gasteiger partial charge in [-0.3, -0.25) is 14.4 Å². The maximum atomic E-state index is 12.9. The molecule has 0 aromatic rings. The molecule has 73 heavy (non-hydrogen) atoms. The number of allylic oxidation sites excluding steroid dienone is 8. The van der Waals surface area contributed by atoms with Crippen LogP contribution in [0.15, 0.2) is 48.6 Å². The predicted molar refractivity (Wildman–Crippen MR) is 316 cm³/mol. The first-order chi connectivity index (χ1) is 36.0.